The smallest absolute Gasteiger partial charge is 0.252 e. The van der Waals surface area contributed by atoms with Crippen molar-refractivity contribution in [3.8, 4) is 11.5 Å². The maximum absolute atomic E-state index is 13.8. The van der Waals surface area contributed by atoms with Gasteiger partial charge in [-0.1, -0.05) is 30.3 Å². The lowest BCUT2D eigenvalue weighted by molar-refractivity contribution is -0.605. The molecule has 3 aromatic rings. The Balaban J connectivity index is 1.72. The van der Waals surface area contributed by atoms with Gasteiger partial charge in [0.25, 0.3) is 5.91 Å². The summed E-state index contributed by atoms with van der Waals surface area (Å²) in [6.07, 6.45) is 2.51. The third-order valence-electron chi connectivity index (χ3n) is 3.53. The molecule has 0 bridgehead atoms. The van der Waals surface area contributed by atoms with E-state index in [1.807, 2.05) is 0 Å². The Bertz CT molecular complexity index is 882. The fourth-order valence-electron chi connectivity index (χ4n) is 2.24. The van der Waals surface area contributed by atoms with Crippen molar-refractivity contribution >= 4 is 5.91 Å². The van der Waals surface area contributed by atoms with Crippen LogP contribution in [0, 0.1) is 11.0 Å². The van der Waals surface area contributed by atoms with E-state index in [1.54, 1.807) is 36.4 Å². The first-order valence-corrected chi connectivity index (χ1v) is 7.61. The molecular weight excluding hydrogens is 323 g/mol. The van der Waals surface area contributed by atoms with Crippen LogP contribution in [0.5, 0.6) is 11.5 Å². The molecule has 0 unspecified atom stereocenters. The number of rotatable bonds is 5. The van der Waals surface area contributed by atoms with Crippen molar-refractivity contribution in [3.63, 3.8) is 0 Å². The van der Waals surface area contributed by atoms with Gasteiger partial charge in [0.15, 0.2) is 24.0 Å². The molecule has 0 aliphatic carbocycles. The van der Waals surface area contributed by atoms with Crippen LogP contribution in [0.3, 0.4) is 0 Å². The minimum absolute atomic E-state index is 0.115. The summed E-state index contributed by atoms with van der Waals surface area (Å²) in [6.45, 7) is 0.204. The van der Waals surface area contributed by atoms with Gasteiger partial charge in [-0.15, -0.1) is 0 Å². The summed E-state index contributed by atoms with van der Waals surface area (Å²) < 4.78 is 20.0. The molecule has 1 aromatic heterocycles. The van der Waals surface area contributed by atoms with E-state index < -0.39 is 5.82 Å². The van der Waals surface area contributed by atoms with Gasteiger partial charge in [0.2, 0.25) is 0 Å². The van der Waals surface area contributed by atoms with E-state index in [2.05, 4.69) is 5.32 Å². The van der Waals surface area contributed by atoms with Crippen LogP contribution in [0.2, 0.25) is 0 Å². The first kappa shape index (κ1) is 16.4. The molecule has 25 heavy (non-hydrogen) atoms. The van der Waals surface area contributed by atoms with Crippen LogP contribution < -0.4 is 14.8 Å². The Kier molecular flexibility index (Phi) is 4.89. The van der Waals surface area contributed by atoms with E-state index in [0.717, 1.165) is 0 Å². The van der Waals surface area contributed by atoms with Gasteiger partial charge in [-0.2, -0.15) is 4.73 Å². The summed E-state index contributed by atoms with van der Waals surface area (Å²) in [6, 6.07) is 16.0. The van der Waals surface area contributed by atoms with Gasteiger partial charge in [0.05, 0.1) is 5.56 Å². The zero-order valence-corrected chi connectivity index (χ0v) is 13.2. The molecule has 1 N–H and O–H groups in total. The van der Waals surface area contributed by atoms with E-state index >= 15 is 0 Å². The lowest BCUT2D eigenvalue weighted by Crippen LogP contribution is -2.27. The van der Waals surface area contributed by atoms with E-state index in [1.165, 1.54) is 36.7 Å². The number of halogens is 1. The number of hydrogen-bond donors (Lipinski definition) is 1. The molecule has 0 aliphatic heterocycles. The number of ether oxygens (including phenoxy) is 1. The number of para-hydroxylation sites is 2. The second kappa shape index (κ2) is 7.44. The molecule has 126 valence electrons. The van der Waals surface area contributed by atoms with Gasteiger partial charge in [0.1, 0.15) is 5.75 Å². The molecule has 0 radical (unpaired) electrons. The molecule has 0 aliphatic rings. The van der Waals surface area contributed by atoms with Crippen LogP contribution in [0.15, 0.2) is 73.1 Å². The van der Waals surface area contributed by atoms with Crippen molar-refractivity contribution in [1.82, 2.24) is 5.32 Å². The largest absolute Gasteiger partial charge is 0.619 e. The predicted molar refractivity (Wildman–Crippen MR) is 89.5 cm³/mol. The van der Waals surface area contributed by atoms with E-state index in [0.29, 0.717) is 21.6 Å². The highest BCUT2D eigenvalue weighted by atomic mass is 19.1. The summed E-state index contributed by atoms with van der Waals surface area (Å²) in [5.74, 6) is -0.208. The number of pyridine rings is 1. The van der Waals surface area contributed by atoms with Crippen molar-refractivity contribution in [2.24, 2.45) is 0 Å². The van der Waals surface area contributed by atoms with Crippen LogP contribution in [0.4, 0.5) is 4.39 Å². The molecule has 0 saturated carbocycles. The van der Waals surface area contributed by atoms with E-state index in [-0.39, 0.29) is 18.2 Å². The quantitative estimate of drug-likeness (QED) is 0.574. The van der Waals surface area contributed by atoms with Crippen molar-refractivity contribution in [2.75, 3.05) is 0 Å². The number of nitrogens with one attached hydrogen (secondary N) is 1. The summed E-state index contributed by atoms with van der Waals surface area (Å²) in [7, 11) is 0. The zero-order valence-electron chi connectivity index (χ0n) is 13.2. The van der Waals surface area contributed by atoms with E-state index in [4.69, 9.17) is 4.74 Å². The number of benzene rings is 2. The van der Waals surface area contributed by atoms with Crippen LogP contribution in [-0.2, 0) is 6.54 Å². The lowest BCUT2D eigenvalue weighted by atomic mass is 10.2. The molecular formula is C19H15FN2O3. The topological polar surface area (TPSA) is 65.3 Å². The van der Waals surface area contributed by atoms with Gasteiger partial charge < -0.3 is 15.3 Å². The molecule has 0 saturated heterocycles. The summed E-state index contributed by atoms with van der Waals surface area (Å²) >= 11 is 0. The fourth-order valence-corrected chi connectivity index (χ4v) is 2.24. The predicted octanol–water partition coefficient (Wildman–Crippen LogP) is 3.18. The Morgan fingerprint density at radius 1 is 1.00 bits per heavy atom. The number of nitrogens with zero attached hydrogens (tertiary/aromatic N) is 1. The molecule has 6 heteroatoms. The Hall–Kier alpha value is -3.41. The number of carbonyl (C=O) groups is 1. The maximum atomic E-state index is 13.8. The first-order chi connectivity index (χ1) is 12.1. The second-order valence-corrected chi connectivity index (χ2v) is 5.27. The third kappa shape index (κ3) is 4.11. The number of hydrogen-bond acceptors (Lipinski definition) is 3. The Morgan fingerprint density at radius 2 is 1.64 bits per heavy atom. The summed E-state index contributed by atoms with van der Waals surface area (Å²) in [5.41, 5.74) is 1.08. The normalized spacial score (nSPS) is 10.3. The van der Waals surface area contributed by atoms with Crippen LogP contribution in [-0.4, -0.2) is 5.91 Å². The van der Waals surface area contributed by atoms with E-state index in [9.17, 15) is 14.4 Å². The number of aromatic nitrogens is 1. The molecule has 1 amide bonds. The minimum Gasteiger partial charge on any atom is -0.619 e. The molecule has 5 nitrogen and oxygen atoms in total. The standard InChI is InChI=1S/C19H15FN2O3/c20-16-6-2-4-8-18(16)25-17-7-3-1-5-15(17)13-21-19(23)14-9-11-22(24)12-10-14/h1-12H,13H2,(H,21,23). The maximum Gasteiger partial charge on any atom is 0.252 e. The first-order valence-electron chi connectivity index (χ1n) is 7.61. The number of amides is 1. The SMILES string of the molecule is O=C(NCc1ccccc1Oc1ccccc1F)c1cc[n+]([O-])cc1. The highest BCUT2D eigenvalue weighted by Crippen LogP contribution is 2.27. The lowest BCUT2D eigenvalue weighted by Gasteiger charge is -2.12. The van der Waals surface area contributed by atoms with Crippen molar-refractivity contribution in [3.05, 3.63) is 95.2 Å². The van der Waals surface area contributed by atoms with Gasteiger partial charge in [0, 0.05) is 24.2 Å². The third-order valence-corrected chi connectivity index (χ3v) is 3.53. The highest BCUT2D eigenvalue weighted by Gasteiger charge is 2.10. The average Bonchev–Trinajstić information content (AvgIpc) is 2.63. The average molecular weight is 338 g/mol. The Morgan fingerprint density at radius 3 is 2.36 bits per heavy atom. The van der Waals surface area contributed by atoms with Gasteiger partial charge in [-0.05, 0) is 18.2 Å². The van der Waals surface area contributed by atoms with Gasteiger partial charge in [-0.25, -0.2) is 4.39 Å². The second-order valence-electron chi connectivity index (χ2n) is 5.27. The van der Waals surface area contributed by atoms with Crippen LogP contribution in [0.1, 0.15) is 15.9 Å². The molecule has 0 atom stereocenters. The monoisotopic (exact) mass is 338 g/mol. The van der Waals surface area contributed by atoms with Gasteiger partial charge >= 0.3 is 0 Å². The van der Waals surface area contributed by atoms with Crippen LogP contribution >= 0.6 is 0 Å². The van der Waals surface area contributed by atoms with Crippen molar-refractivity contribution < 1.29 is 18.7 Å². The highest BCUT2D eigenvalue weighted by molar-refractivity contribution is 5.93. The van der Waals surface area contributed by atoms with Gasteiger partial charge in [-0.3, -0.25) is 4.79 Å². The minimum atomic E-state index is -0.462. The molecule has 0 spiro atoms. The summed E-state index contributed by atoms with van der Waals surface area (Å²) in [4.78, 5) is 12.1. The molecule has 1 heterocycles. The molecule has 3 rings (SSSR count). The van der Waals surface area contributed by atoms with Crippen LogP contribution in [0.25, 0.3) is 0 Å². The van der Waals surface area contributed by atoms with Crippen molar-refractivity contribution in [2.45, 2.75) is 6.54 Å². The fraction of sp³-hybridized carbons (Fsp3) is 0.0526. The molecule has 0 fully saturated rings. The molecule has 2 aromatic carbocycles. The van der Waals surface area contributed by atoms with Crippen molar-refractivity contribution in [1.29, 1.82) is 0 Å². The zero-order chi connectivity index (χ0) is 17.6. The Labute approximate surface area is 143 Å². The summed E-state index contributed by atoms with van der Waals surface area (Å²) in [5, 5.41) is 13.8. The number of carbonyl (C=O) groups excluding carboxylic acids is 1.